The third-order valence-corrected chi connectivity index (χ3v) is 7.95. The summed E-state index contributed by atoms with van der Waals surface area (Å²) in [6.45, 7) is 4.39. The van der Waals surface area contributed by atoms with Gasteiger partial charge in [0.15, 0.2) is 0 Å². The molecule has 2 fully saturated rings. The average Bonchev–Trinajstić information content (AvgIpc) is 3.20. The van der Waals surface area contributed by atoms with Crippen LogP contribution in [-0.2, 0) is 20.7 Å². The molecule has 8 nitrogen and oxygen atoms in total. The van der Waals surface area contributed by atoms with E-state index in [0.717, 1.165) is 25.7 Å². The Morgan fingerprint density at radius 1 is 0.974 bits per heavy atom. The second kappa shape index (κ2) is 11.6. The van der Waals surface area contributed by atoms with Crippen molar-refractivity contribution in [3.8, 4) is 0 Å². The van der Waals surface area contributed by atoms with Gasteiger partial charge >= 0.3 is 5.97 Å². The Bertz CT molecular complexity index is 1280. The molecule has 0 N–H and O–H groups in total. The normalized spacial score (nSPS) is 21.2. The second-order valence-electron chi connectivity index (χ2n) is 10.5. The van der Waals surface area contributed by atoms with Crippen LogP contribution in [-0.4, -0.2) is 72.8 Å². The Kier molecular flexibility index (Phi) is 7.95. The molecule has 9 heteroatoms. The highest BCUT2D eigenvalue weighted by Crippen LogP contribution is 2.35. The fourth-order valence-electron chi connectivity index (χ4n) is 6.00. The number of carbonyl (C=O) groups excluding carboxylic acids is 4. The lowest BCUT2D eigenvalue weighted by atomic mass is 9.92. The number of piperidine rings is 2. The number of hydrogen-bond donors (Lipinski definition) is 0. The van der Waals surface area contributed by atoms with Gasteiger partial charge in [-0.05, 0) is 68.9 Å². The van der Waals surface area contributed by atoms with E-state index in [0.29, 0.717) is 61.6 Å². The SMILES string of the molecule is CCOC(=O)[C@@H]1CCCN(C(=O)[C@H]2CCCN(c3cccc4c3C(=O)N(CCc3cccc(F)c3)C4=O)C2)C1. The number of nitrogens with zero attached hydrogens (tertiary/aromatic N) is 3. The van der Waals surface area contributed by atoms with Crippen molar-refractivity contribution < 1.29 is 28.3 Å². The number of halogens is 1. The van der Waals surface area contributed by atoms with Gasteiger partial charge in [-0.3, -0.25) is 24.1 Å². The largest absolute Gasteiger partial charge is 0.466 e. The summed E-state index contributed by atoms with van der Waals surface area (Å²) in [5, 5.41) is 0. The smallest absolute Gasteiger partial charge is 0.310 e. The molecule has 2 atom stereocenters. The zero-order valence-electron chi connectivity index (χ0n) is 22.2. The van der Waals surface area contributed by atoms with E-state index in [2.05, 4.69) is 0 Å². The van der Waals surface area contributed by atoms with E-state index in [1.54, 1.807) is 36.1 Å². The standard InChI is InChI=1S/C30H34FN3O5/c1-2-39-30(38)22-9-6-15-33(19-22)27(35)21-8-5-14-32(18-21)25-12-4-11-24-26(25)29(37)34(28(24)36)16-13-20-7-3-10-23(31)17-20/h3-4,7,10-12,17,21-22H,2,5-6,8-9,13-16,18-19H2,1H3/t21-,22+/m0/s1. The lowest BCUT2D eigenvalue weighted by molar-refractivity contribution is -0.152. The molecular weight excluding hydrogens is 501 g/mol. The highest BCUT2D eigenvalue weighted by Gasteiger charge is 2.40. The summed E-state index contributed by atoms with van der Waals surface area (Å²) in [4.78, 5) is 57.4. The molecule has 2 aromatic rings. The quantitative estimate of drug-likeness (QED) is 0.397. The molecular formula is C30H34FN3O5. The molecule has 0 radical (unpaired) electrons. The predicted molar refractivity (Wildman–Crippen MR) is 143 cm³/mol. The molecule has 2 saturated heterocycles. The molecule has 5 rings (SSSR count). The second-order valence-corrected chi connectivity index (χ2v) is 10.5. The number of fused-ring (bicyclic) bond motifs is 1. The van der Waals surface area contributed by atoms with Crippen molar-refractivity contribution in [2.45, 2.75) is 39.0 Å². The summed E-state index contributed by atoms with van der Waals surface area (Å²) in [7, 11) is 0. The van der Waals surface area contributed by atoms with E-state index in [-0.39, 0.29) is 47.9 Å². The molecule has 39 heavy (non-hydrogen) atoms. The summed E-state index contributed by atoms with van der Waals surface area (Å²) in [5.41, 5.74) is 2.11. The Morgan fingerprint density at radius 3 is 2.54 bits per heavy atom. The zero-order valence-corrected chi connectivity index (χ0v) is 22.2. The van der Waals surface area contributed by atoms with Crippen LogP contribution in [0.25, 0.3) is 0 Å². The van der Waals surface area contributed by atoms with Gasteiger partial charge in [0.1, 0.15) is 5.82 Å². The topological polar surface area (TPSA) is 87.2 Å². The minimum atomic E-state index is -0.358. The van der Waals surface area contributed by atoms with Crippen molar-refractivity contribution in [2.75, 3.05) is 44.2 Å². The van der Waals surface area contributed by atoms with Gasteiger partial charge in [0, 0.05) is 32.7 Å². The van der Waals surface area contributed by atoms with Gasteiger partial charge < -0.3 is 14.5 Å². The molecule has 0 unspecified atom stereocenters. The number of ether oxygens (including phenoxy) is 1. The Labute approximate surface area is 227 Å². The Balaban J connectivity index is 1.29. The first-order chi connectivity index (χ1) is 18.9. The first-order valence-corrected chi connectivity index (χ1v) is 13.8. The fraction of sp³-hybridized carbons (Fsp3) is 0.467. The molecule has 3 aliphatic rings. The molecule has 0 bridgehead atoms. The first-order valence-electron chi connectivity index (χ1n) is 13.8. The molecule has 2 aromatic carbocycles. The highest BCUT2D eigenvalue weighted by atomic mass is 19.1. The average molecular weight is 536 g/mol. The maximum absolute atomic E-state index is 13.6. The summed E-state index contributed by atoms with van der Waals surface area (Å²) < 4.78 is 18.8. The number of benzene rings is 2. The lowest BCUT2D eigenvalue weighted by Crippen LogP contribution is -2.49. The van der Waals surface area contributed by atoms with Crippen LogP contribution in [0.15, 0.2) is 42.5 Å². The summed E-state index contributed by atoms with van der Waals surface area (Å²) in [6.07, 6.45) is 3.36. The fourth-order valence-corrected chi connectivity index (χ4v) is 6.00. The summed E-state index contributed by atoms with van der Waals surface area (Å²) >= 11 is 0. The van der Waals surface area contributed by atoms with Crippen molar-refractivity contribution in [1.82, 2.24) is 9.80 Å². The monoisotopic (exact) mass is 535 g/mol. The number of likely N-dealkylation sites (tertiary alicyclic amines) is 1. The predicted octanol–water partition coefficient (Wildman–Crippen LogP) is 3.68. The summed E-state index contributed by atoms with van der Waals surface area (Å²) in [5.74, 6) is -1.83. The third kappa shape index (κ3) is 5.53. The molecule has 3 amide bonds. The van der Waals surface area contributed by atoms with Gasteiger partial charge in [0.25, 0.3) is 11.8 Å². The molecule has 0 saturated carbocycles. The van der Waals surface area contributed by atoms with E-state index in [1.807, 2.05) is 11.0 Å². The van der Waals surface area contributed by atoms with E-state index < -0.39 is 0 Å². The maximum atomic E-state index is 13.6. The van der Waals surface area contributed by atoms with Gasteiger partial charge in [-0.1, -0.05) is 18.2 Å². The Hall–Kier alpha value is -3.75. The van der Waals surface area contributed by atoms with Crippen LogP contribution in [0.2, 0.25) is 0 Å². The van der Waals surface area contributed by atoms with Gasteiger partial charge in [0.05, 0.1) is 35.3 Å². The van der Waals surface area contributed by atoms with E-state index in [1.165, 1.54) is 17.0 Å². The third-order valence-electron chi connectivity index (χ3n) is 7.95. The zero-order chi connectivity index (χ0) is 27.5. The molecule has 0 aromatic heterocycles. The minimum absolute atomic E-state index is 0.0281. The van der Waals surface area contributed by atoms with Crippen molar-refractivity contribution in [3.05, 3.63) is 65.0 Å². The molecule has 3 heterocycles. The first kappa shape index (κ1) is 26.8. The number of anilines is 1. The number of amides is 3. The van der Waals surface area contributed by atoms with Crippen LogP contribution in [0, 0.1) is 17.7 Å². The number of rotatable bonds is 7. The number of carbonyl (C=O) groups is 4. The van der Waals surface area contributed by atoms with Crippen LogP contribution < -0.4 is 4.90 Å². The number of imide groups is 1. The van der Waals surface area contributed by atoms with E-state index >= 15 is 0 Å². The van der Waals surface area contributed by atoms with Crippen LogP contribution >= 0.6 is 0 Å². The van der Waals surface area contributed by atoms with Crippen molar-refractivity contribution >= 4 is 29.4 Å². The van der Waals surface area contributed by atoms with Crippen LogP contribution in [0.3, 0.4) is 0 Å². The van der Waals surface area contributed by atoms with Gasteiger partial charge in [-0.25, -0.2) is 4.39 Å². The minimum Gasteiger partial charge on any atom is -0.466 e. The molecule has 0 aliphatic carbocycles. The van der Waals surface area contributed by atoms with Crippen LogP contribution in [0.1, 0.15) is 58.9 Å². The van der Waals surface area contributed by atoms with E-state index in [4.69, 9.17) is 4.74 Å². The summed E-state index contributed by atoms with van der Waals surface area (Å²) in [6, 6.07) is 11.4. The Morgan fingerprint density at radius 2 is 1.74 bits per heavy atom. The van der Waals surface area contributed by atoms with Gasteiger partial charge in [-0.15, -0.1) is 0 Å². The van der Waals surface area contributed by atoms with E-state index in [9.17, 15) is 23.6 Å². The number of hydrogen-bond acceptors (Lipinski definition) is 6. The van der Waals surface area contributed by atoms with Gasteiger partial charge in [-0.2, -0.15) is 0 Å². The maximum Gasteiger partial charge on any atom is 0.310 e. The van der Waals surface area contributed by atoms with Gasteiger partial charge in [0.2, 0.25) is 5.91 Å². The molecule has 3 aliphatic heterocycles. The number of esters is 1. The molecule has 0 spiro atoms. The van der Waals surface area contributed by atoms with Crippen LogP contribution in [0.5, 0.6) is 0 Å². The molecule has 206 valence electrons. The lowest BCUT2D eigenvalue weighted by Gasteiger charge is -2.39. The van der Waals surface area contributed by atoms with Crippen molar-refractivity contribution in [3.63, 3.8) is 0 Å². The van der Waals surface area contributed by atoms with Crippen molar-refractivity contribution in [2.24, 2.45) is 11.8 Å². The highest BCUT2D eigenvalue weighted by molar-refractivity contribution is 6.23. The van der Waals surface area contributed by atoms with Crippen LogP contribution in [0.4, 0.5) is 10.1 Å². The van der Waals surface area contributed by atoms with Crippen molar-refractivity contribution in [1.29, 1.82) is 0 Å².